The molecule has 4 rings (SSSR count). The summed E-state index contributed by atoms with van der Waals surface area (Å²) in [4.78, 5) is 24.5. The van der Waals surface area contributed by atoms with Crippen LogP contribution in [0.4, 0.5) is 5.82 Å². The van der Waals surface area contributed by atoms with E-state index in [1.807, 2.05) is 42.5 Å². The number of methoxy groups -OCH3 is 1. The standard InChI is InChI=1S/C23H23N3O4/c1-29-19-9-5-6-16(12-19)13-23(28)30-15-22(27)24-21-14-20(17-10-11-17)25-26(21)18-7-3-2-4-8-18/h2-9,12,14,17H,10-11,13,15H2,1H3,(H,24,27). The average Bonchev–Trinajstić information content (AvgIpc) is 3.54. The number of hydrogen-bond donors (Lipinski definition) is 1. The zero-order valence-corrected chi connectivity index (χ0v) is 16.7. The van der Waals surface area contributed by atoms with Gasteiger partial charge < -0.3 is 14.8 Å². The van der Waals surface area contributed by atoms with E-state index in [4.69, 9.17) is 9.47 Å². The van der Waals surface area contributed by atoms with Crippen molar-refractivity contribution in [3.63, 3.8) is 0 Å². The molecule has 0 atom stereocenters. The molecule has 1 saturated carbocycles. The Morgan fingerprint density at radius 3 is 2.63 bits per heavy atom. The molecule has 30 heavy (non-hydrogen) atoms. The first kappa shape index (κ1) is 19.7. The molecule has 0 spiro atoms. The maximum Gasteiger partial charge on any atom is 0.310 e. The maximum atomic E-state index is 12.4. The van der Waals surface area contributed by atoms with Crippen LogP contribution in [0, 0.1) is 0 Å². The van der Waals surface area contributed by atoms with E-state index in [2.05, 4.69) is 10.4 Å². The lowest BCUT2D eigenvalue weighted by Gasteiger charge is -2.09. The SMILES string of the molecule is COc1cccc(CC(=O)OCC(=O)Nc2cc(C3CC3)nn2-c2ccccc2)c1. The van der Waals surface area contributed by atoms with E-state index < -0.39 is 11.9 Å². The van der Waals surface area contributed by atoms with Gasteiger partial charge in [0.2, 0.25) is 0 Å². The maximum absolute atomic E-state index is 12.4. The lowest BCUT2D eigenvalue weighted by molar-refractivity contribution is -0.146. The van der Waals surface area contributed by atoms with Crippen LogP contribution in [0.2, 0.25) is 0 Å². The number of ether oxygens (including phenoxy) is 2. The number of carbonyl (C=O) groups excluding carboxylic acids is 2. The molecule has 1 amide bonds. The highest BCUT2D eigenvalue weighted by molar-refractivity contribution is 5.92. The zero-order chi connectivity index (χ0) is 20.9. The molecule has 0 bridgehead atoms. The Labute approximate surface area is 174 Å². The van der Waals surface area contributed by atoms with E-state index in [-0.39, 0.29) is 13.0 Å². The fraction of sp³-hybridized carbons (Fsp3) is 0.261. The average molecular weight is 405 g/mol. The Kier molecular flexibility index (Phi) is 5.79. The van der Waals surface area contributed by atoms with Gasteiger partial charge in [-0.15, -0.1) is 0 Å². The minimum absolute atomic E-state index is 0.0677. The van der Waals surface area contributed by atoms with Crippen LogP contribution in [-0.2, 0) is 20.7 Å². The predicted molar refractivity (Wildman–Crippen MR) is 112 cm³/mol. The van der Waals surface area contributed by atoms with Crippen LogP contribution >= 0.6 is 0 Å². The van der Waals surface area contributed by atoms with Crippen molar-refractivity contribution in [1.29, 1.82) is 0 Å². The third-order valence-electron chi connectivity index (χ3n) is 4.84. The van der Waals surface area contributed by atoms with Crippen LogP contribution < -0.4 is 10.1 Å². The van der Waals surface area contributed by atoms with Gasteiger partial charge in [0, 0.05) is 12.0 Å². The second-order valence-corrected chi connectivity index (χ2v) is 7.21. The van der Waals surface area contributed by atoms with Crippen molar-refractivity contribution in [2.75, 3.05) is 19.0 Å². The van der Waals surface area contributed by atoms with Gasteiger partial charge in [-0.1, -0.05) is 30.3 Å². The minimum atomic E-state index is -0.478. The molecule has 0 radical (unpaired) electrons. The summed E-state index contributed by atoms with van der Waals surface area (Å²) >= 11 is 0. The van der Waals surface area contributed by atoms with E-state index in [0.29, 0.717) is 17.5 Å². The van der Waals surface area contributed by atoms with E-state index in [1.54, 1.807) is 30.0 Å². The molecule has 1 aliphatic carbocycles. The number of nitrogens with zero attached hydrogens (tertiary/aromatic N) is 2. The van der Waals surface area contributed by atoms with Gasteiger partial charge in [0.25, 0.3) is 5.91 Å². The largest absolute Gasteiger partial charge is 0.497 e. The van der Waals surface area contributed by atoms with E-state index >= 15 is 0 Å². The highest BCUT2D eigenvalue weighted by Crippen LogP contribution is 2.40. The van der Waals surface area contributed by atoms with Crippen LogP contribution in [0.15, 0.2) is 60.7 Å². The first-order chi connectivity index (χ1) is 14.6. The van der Waals surface area contributed by atoms with Gasteiger partial charge in [-0.2, -0.15) is 5.10 Å². The number of amides is 1. The molecule has 0 aliphatic heterocycles. The fourth-order valence-electron chi connectivity index (χ4n) is 3.16. The van der Waals surface area contributed by atoms with Crippen molar-refractivity contribution in [2.45, 2.75) is 25.2 Å². The van der Waals surface area contributed by atoms with Crippen molar-refractivity contribution < 1.29 is 19.1 Å². The third kappa shape index (κ3) is 4.86. The van der Waals surface area contributed by atoms with E-state index in [9.17, 15) is 9.59 Å². The number of carbonyl (C=O) groups is 2. The molecular formula is C23H23N3O4. The number of aromatic nitrogens is 2. The molecule has 1 aliphatic rings. The topological polar surface area (TPSA) is 82.4 Å². The van der Waals surface area contributed by atoms with Gasteiger partial charge in [-0.25, -0.2) is 4.68 Å². The Morgan fingerprint density at radius 2 is 1.90 bits per heavy atom. The first-order valence-corrected chi connectivity index (χ1v) is 9.86. The number of hydrogen-bond acceptors (Lipinski definition) is 5. The summed E-state index contributed by atoms with van der Waals surface area (Å²) in [6.07, 6.45) is 2.29. The molecule has 2 aromatic carbocycles. The van der Waals surface area contributed by atoms with Crippen molar-refractivity contribution in [1.82, 2.24) is 9.78 Å². The van der Waals surface area contributed by atoms with Gasteiger partial charge in [-0.3, -0.25) is 9.59 Å². The second kappa shape index (κ2) is 8.82. The van der Waals surface area contributed by atoms with Gasteiger partial charge >= 0.3 is 5.97 Å². The van der Waals surface area contributed by atoms with Crippen LogP contribution in [0.3, 0.4) is 0 Å². The Morgan fingerprint density at radius 1 is 1.10 bits per heavy atom. The summed E-state index contributed by atoms with van der Waals surface area (Å²) in [6, 6.07) is 18.7. The number of para-hydroxylation sites is 1. The number of nitrogens with one attached hydrogen (secondary N) is 1. The highest BCUT2D eigenvalue weighted by Gasteiger charge is 2.28. The summed E-state index contributed by atoms with van der Waals surface area (Å²) in [7, 11) is 1.57. The smallest absolute Gasteiger partial charge is 0.310 e. The summed E-state index contributed by atoms with van der Waals surface area (Å²) in [5.41, 5.74) is 2.58. The fourth-order valence-corrected chi connectivity index (χ4v) is 3.16. The van der Waals surface area contributed by atoms with Crippen LogP contribution in [0.1, 0.15) is 30.0 Å². The highest BCUT2D eigenvalue weighted by atomic mass is 16.5. The molecule has 0 saturated heterocycles. The Bertz CT molecular complexity index is 1040. The zero-order valence-electron chi connectivity index (χ0n) is 16.7. The second-order valence-electron chi connectivity index (χ2n) is 7.21. The Hall–Kier alpha value is -3.61. The molecular weight excluding hydrogens is 382 g/mol. The monoisotopic (exact) mass is 405 g/mol. The number of benzene rings is 2. The number of esters is 1. The van der Waals surface area contributed by atoms with Gasteiger partial charge in [0.1, 0.15) is 11.6 Å². The van der Waals surface area contributed by atoms with E-state index in [1.165, 1.54) is 0 Å². The molecule has 7 heteroatoms. The van der Waals surface area contributed by atoms with E-state index in [0.717, 1.165) is 29.8 Å². The summed E-state index contributed by atoms with van der Waals surface area (Å²) in [5.74, 6) is 0.795. The van der Waals surface area contributed by atoms with Crippen LogP contribution in [-0.4, -0.2) is 35.4 Å². The summed E-state index contributed by atoms with van der Waals surface area (Å²) < 4.78 is 12.0. The number of rotatable bonds is 8. The lowest BCUT2D eigenvalue weighted by atomic mass is 10.1. The first-order valence-electron chi connectivity index (χ1n) is 9.86. The molecule has 0 unspecified atom stereocenters. The van der Waals surface area contributed by atoms with Gasteiger partial charge in [0.15, 0.2) is 6.61 Å². The lowest BCUT2D eigenvalue weighted by Crippen LogP contribution is -2.23. The molecule has 154 valence electrons. The minimum Gasteiger partial charge on any atom is -0.497 e. The molecule has 1 N–H and O–H groups in total. The third-order valence-corrected chi connectivity index (χ3v) is 4.84. The quantitative estimate of drug-likeness (QED) is 0.580. The molecule has 3 aromatic rings. The summed E-state index contributed by atoms with van der Waals surface area (Å²) in [5, 5.41) is 7.46. The normalized spacial score (nSPS) is 13.0. The number of anilines is 1. The van der Waals surface area contributed by atoms with Crippen molar-refractivity contribution >= 4 is 17.7 Å². The molecule has 7 nitrogen and oxygen atoms in total. The van der Waals surface area contributed by atoms with Crippen LogP contribution in [0.5, 0.6) is 5.75 Å². The van der Waals surface area contributed by atoms with Crippen LogP contribution in [0.25, 0.3) is 5.69 Å². The molecule has 1 heterocycles. The van der Waals surface area contributed by atoms with Crippen molar-refractivity contribution in [3.05, 3.63) is 71.9 Å². The van der Waals surface area contributed by atoms with Crippen molar-refractivity contribution in [3.8, 4) is 11.4 Å². The van der Waals surface area contributed by atoms with Gasteiger partial charge in [0.05, 0.1) is 24.9 Å². The Balaban J connectivity index is 1.37. The predicted octanol–water partition coefficient (Wildman–Crippen LogP) is 3.48. The molecule has 1 fully saturated rings. The van der Waals surface area contributed by atoms with Crippen molar-refractivity contribution in [2.24, 2.45) is 0 Å². The molecule has 1 aromatic heterocycles. The summed E-state index contributed by atoms with van der Waals surface area (Å²) in [6.45, 7) is -0.360. The van der Waals surface area contributed by atoms with Gasteiger partial charge in [-0.05, 0) is 42.7 Å².